The van der Waals surface area contributed by atoms with Crippen LogP contribution in [0.15, 0.2) is 12.5 Å². The van der Waals surface area contributed by atoms with Gasteiger partial charge in [0.15, 0.2) is 0 Å². The zero-order valence-electron chi connectivity index (χ0n) is 6.11. The van der Waals surface area contributed by atoms with Gasteiger partial charge in [-0.3, -0.25) is 9.36 Å². The molecule has 0 aliphatic heterocycles. The van der Waals surface area contributed by atoms with Gasteiger partial charge in [0.05, 0.1) is 18.2 Å². The Labute approximate surface area is 64.1 Å². The number of carbonyl (C=O) groups excluding carboxylic acids is 1. The van der Waals surface area contributed by atoms with Crippen molar-refractivity contribution in [1.29, 1.82) is 5.26 Å². The summed E-state index contributed by atoms with van der Waals surface area (Å²) < 4.78 is 1.35. The molecule has 1 aromatic rings. The van der Waals surface area contributed by atoms with Gasteiger partial charge in [-0.25, -0.2) is 4.98 Å². The van der Waals surface area contributed by atoms with E-state index in [1.165, 1.54) is 17.8 Å². The van der Waals surface area contributed by atoms with Crippen LogP contribution in [0.4, 0.5) is 0 Å². The van der Waals surface area contributed by atoms with Crippen LogP contribution in [0.1, 0.15) is 17.4 Å². The second kappa shape index (κ2) is 2.97. The molecule has 56 valence electrons. The van der Waals surface area contributed by atoms with Gasteiger partial charge in [0.25, 0.3) is 0 Å². The first-order chi connectivity index (χ1) is 5.24. The molecule has 0 fully saturated rings. The summed E-state index contributed by atoms with van der Waals surface area (Å²) >= 11 is 0. The highest BCUT2D eigenvalue weighted by Crippen LogP contribution is 1.95. The van der Waals surface area contributed by atoms with Gasteiger partial charge < -0.3 is 0 Å². The van der Waals surface area contributed by atoms with E-state index < -0.39 is 0 Å². The first-order valence-electron chi connectivity index (χ1n) is 3.15. The number of carbonyl (C=O) groups is 1. The molecule has 4 heteroatoms. The van der Waals surface area contributed by atoms with Gasteiger partial charge >= 0.3 is 0 Å². The summed E-state index contributed by atoms with van der Waals surface area (Å²) in [4.78, 5) is 14.5. The van der Waals surface area contributed by atoms with Crippen LogP contribution in [0.2, 0.25) is 0 Å². The first-order valence-corrected chi connectivity index (χ1v) is 3.15. The van der Waals surface area contributed by atoms with E-state index in [1.54, 1.807) is 6.20 Å². The zero-order valence-corrected chi connectivity index (χ0v) is 6.11. The predicted octanol–water partition coefficient (Wildman–Crippen LogP) is 0.609. The molecule has 4 nitrogen and oxygen atoms in total. The molecule has 1 rings (SSSR count). The van der Waals surface area contributed by atoms with Crippen molar-refractivity contribution in [1.82, 2.24) is 9.55 Å². The largest absolute Gasteiger partial charge is 0.276 e. The number of hydrogen-bond acceptors (Lipinski definition) is 3. The fourth-order valence-corrected chi connectivity index (χ4v) is 0.708. The van der Waals surface area contributed by atoms with Gasteiger partial charge in [-0.1, -0.05) is 0 Å². The van der Waals surface area contributed by atoms with Gasteiger partial charge in [0, 0.05) is 13.1 Å². The monoisotopic (exact) mass is 149 g/mol. The Bertz CT molecular complexity index is 308. The third-order valence-electron chi connectivity index (χ3n) is 1.26. The Morgan fingerprint density at radius 1 is 1.91 bits per heavy atom. The molecule has 0 atom stereocenters. The normalized spacial score (nSPS) is 9.09. The molecular formula is C7H7N3O. The Hall–Kier alpha value is -1.63. The molecule has 0 unspecified atom stereocenters. The lowest BCUT2D eigenvalue weighted by Crippen LogP contribution is -2.01. The van der Waals surface area contributed by atoms with Crippen LogP contribution in [0.25, 0.3) is 0 Å². The number of hydrogen-bond donors (Lipinski definition) is 0. The van der Waals surface area contributed by atoms with Crippen molar-refractivity contribution >= 4 is 5.91 Å². The topological polar surface area (TPSA) is 58.7 Å². The average Bonchev–Trinajstić information content (AvgIpc) is 2.37. The maximum absolute atomic E-state index is 10.7. The predicted molar refractivity (Wildman–Crippen MR) is 37.8 cm³/mol. The lowest BCUT2D eigenvalue weighted by Gasteiger charge is -1.88. The highest BCUT2D eigenvalue weighted by Gasteiger charge is 1.99. The van der Waals surface area contributed by atoms with Crippen molar-refractivity contribution in [2.24, 2.45) is 0 Å². The lowest BCUT2D eigenvalue weighted by atomic mass is 10.4. The van der Waals surface area contributed by atoms with E-state index in [-0.39, 0.29) is 12.3 Å². The standard InChI is InChI=1S/C7H7N3O/c1-6(11)10-4-7(2-3-8)9-5-10/h4-5H,2H2,1H3. The van der Waals surface area contributed by atoms with Gasteiger partial charge in [-0.2, -0.15) is 5.26 Å². The minimum absolute atomic E-state index is 0.0957. The fraction of sp³-hybridized carbons (Fsp3) is 0.286. The summed E-state index contributed by atoms with van der Waals surface area (Å²) in [7, 11) is 0. The van der Waals surface area contributed by atoms with Gasteiger partial charge in [-0.15, -0.1) is 0 Å². The Balaban J connectivity index is 2.83. The van der Waals surface area contributed by atoms with Crippen LogP contribution in [-0.4, -0.2) is 15.5 Å². The number of nitriles is 1. The molecule has 0 N–H and O–H groups in total. The third-order valence-corrected chi connectivity index (χ3v) is 1.26. The van der Waals surface area contributed by atoms with E-state index in [1.807, 2.05) is 6.07 Å². The number of rotatable bonds is 1. The summed E-state index contributed by atoms with van der Waals surface area (Å²) in [5, 5.41) is 8.28. The maximum atomic E-state index is 10.7. The van der Waals surface area contributed by atoms with Gasteiger partial charge in [0.2, 0.25) is 5.91 Å². The molecule has 0 bridgehead atoms. The molecule has 0 amide bonds. The summed E-state index contributed by atoms with van der Waals surface area (Å²) in [5.74, 6) is -0.0957. The molecule has 0 aromatic carbocycles. The summed E-state index contributed by atoms with van der Waals surface area (Å²) in [6.07, 6.45) is 3.22. The van der Waals surface area contributed by atoms with Crippen molar-refractivity contribution in [3.05, 3.63) is 18.2 Å². The first kappa shape index (κ1) is 7.48. The lowest BCUT2D eigenvalue weighted by molar-refractivity contribution is 0.0936. The highest BCUT2D eigenvalue weighted by molar-refractivity contribution is 5.75. The molecule has 0 aliphatic carbocycles. The van der Waals surface area contributed by atoms with Crippen LogP contribution < -0.4 is 0 Å². The van der Waals surface area contributed by atoms with Gasteiger partial charge in [-0.05, 0) is 0 Å². The molecule has 0 spiro atoms. The fourth-order valence-electron chi connectivity index (χ4n) is 0.708. The highest BCUT2D eigenvalue weighted by atomic mass is 16.1. The molecule has 0 aliphatic rings. The van der Waals surface area contributed by atoms with E-state index in [0.29, 0.717) is 5.69 Å². The Morgan fingerprint density at radius 2 is 2.64 bits per heavy atom. The zero-order chi connectivity index (χ0) is 8.27. The van der Waals surface area contributed by atoms with Crippen LogP contribution in [0.5, 0.6) is 0 Å². The second-order valence-corrected chi connectivity index (χ2v) is 2.13. The molecule has 11 heavy (non-hydrogen) atoms. The van der Waals surface area contributed by atoms with Crippen LogP contribution >= 0.6 is 0 Å². The molecule has 0 saturated carbocycles. The van der Waals surface area contributed by atoms with Crippen molar-refractivity contribution in [2.45, 2.75) is 13.3 Å². The molecule has 1 aromatic heterocycles. The minimum atomic E-state index is -0.0957. The smallest absolute Gasteiger partial charge is 0.228 e. The minimum Gasteiger partial charge on any atom is -0.276 e. The van der Waals surface area contributed by atoms with Crippen LogP contribution in [0.3, 0.4) is 0 Å². The van der Waals surface area contributed by atoms with Gasteiger partial charge in [0.1, 0.15) is 6.33 Å². The molecule has 1 heterocycles. The maximum Gasteiger partial charge on any atom is 0.228 e. The number of imidazole rings is 1. The number of aromatic nitrogens is 2. The number of nitrogens with zero attached hydrogens (tertiary/aromatic N) is 3. The Morgan fingerprint density at radius 3 is 3.09 bits per heavy atom. The van der Waals surface area contributed by atoms with Crippen molar-refractivity contribution in [3.8, 4) is 6.07 Å². The second-order valence-electron chi connectivity index (χ2n) is 2.13. The molecular weight excluding hydrogens is 142 g/mol. The van der Waals surface area contributed by atoms with E-state index in [0.717, 1.165) is 0 Å². The Kier molecular flexibility index (Phi) is 2.02. The van der Waals surface area contributed by atoms with Crippen LogP contribution in [-0.2, 0) is 6.42 Å². The molecule has 0 radical (unpaired) electrons. The van der Waals surface area contributed by atoms with E-state index in [4.69, 9.17) is 5.26 Å². The quantitative estimate of drug-likeness (QED) is 0.587. The SMILES string of the molecule is CC(=O)n1cnc(CC#N)c1. The summed E-state index contributed by atoms with van der Waals surface area (Å²) in [6, 6.07) is 1.95. The molecule has 0 saturated heterocycles. The van der Waals surface area contributed by atoms with E-state index in [9.17, 15) is 4.79 Å². The van der Waals surface area contributed by atoms with E-state index in [2.05, 4.69) is 4.98 Å². The summed E-state index contributed by atoms with van der Waals surface area (Å²) in [5.41, 5.74) is 0.628. The average molecular weight is 149 g/mol. The van der Waals surface area contributed by atoms with Crippen molar-refractivity contribution in [3.63, 3.8) is 0 Å². The van der Waals surface area contributed by atoms with Crippen molar-refractivity contribution < 1.29 is 4.79 Å². The van der Waals surface area contributed by atoms with Crippen molar-refractivity contribution in [2.75, 3.05) is 0 Å². The third kappa shape index (κ3) is 1.64. The van der Waals surface area contributed by atoms with E-state index >= 15 is 0 Å². The summed E-state index contributed by atoms with van der Waals surface area (Å²) in [6.45, 7) is 1.44. The van der Waals surface area contributed by atoms with Crippen LogP contribution in [0, 0.1) is 11.3 Å².